The minimum absolute atomic E-state index is 0.000324. The van der Waals surface area contributed by atoms with Gasteiger partial charge in [0.15, 0.2) is 5.78 Å². The normalized spacial score (nSPS) is 20.0. The number of aryl methyl sites for hydroxylation is 1. The number of hydrogen-bond donors (Lipinski definition) is 1. The second-order valence-corrected chi connectivity index (χ2v) is 4.80. The maximum atomic E-state index is 12.2. The molecule has 1 aromatic heterocycles. The third-order valence-corrected chi connectivity index (χ3v) is 3.19. The van der Waals surface area contributed by atoms with Crippen molar-refractivity contribution in [3.8, 4) is 0 Å². The van der Waals surface area contributed by atoms with Crippen LogP contribution in [-0.4, -0.2) is 41.4 Å². The van der Waals surface area contributed by atoms with Gasteiger partial charge in [0.25, 0.3) is 0 Å². The monoisotopic (exact) mass is 271 g/mol. The molecule has 2 rings (SSSR count). The Hall–Kier alpha value is -0.910. The molecule has 1 aromatic rings. The van der Waals surface area contributed by atoms with Gasteiger partial charge in [0.1, 0.15) is 5.69 Å². The summed E-state index contributed by atoms with van der Waals surface area (Å²) in [5.41, 5.74) is 0.507. The first-order chi connectivity index (χ1) is 8.72. The molecule has 0 spiro atoms. The molecule has 2 heterocycles. The molecule has 1 atom stereocenters. The highest BCUT2D eigenvalue weighted by Gasteiger charge is 2.23. The van der Waals surface area contributed by atoms with Crippen LogP contribution in [0.3, 0.4) is 0 Å². The van der Waals surface area contributed by atoms with Crippen molar-refractivity contribution in [2.75, 3.05) is 19.7 Å². The Bertz CT molecular complexity index is 413. The number of halogens is 1. The third kappa shape index (κ3) is 3.10. The van der Waals surface area contributed by atoms with Crippen LogP contribution < -0.4 is 5.32 Å². The molecule has 6 heteroatoms. The molecule has 0 aromatic carbocycles. The molecule has 1 N–H and O–H groups in total. The average molecular weight is 272 g/mol. The lowest BCUT2D eigenvalue weighted by molar-refractivity contribution is 0.0237. The number of rotatable bonds is 5. The van der Waals surface area contributed by atoms with E-state index in [2.05, 4.69) is 10.4 Å². The van der Waals surface area contributed by atoms with Gasteiger partial charge in [0.05, 0.1) is 23.9 Å². The molecule has 0 saturated carbocycles. The van der Waals surface area contributed by atoms with Gasteiger partial charge in [0.2, 0.25) is 0 Å². The smallest absolute Gasteiger partial charge is 0.185 e. The highest BCUT2D eigenvalue weighted by Crippen LogP contribution is 2.19. The molecule has 1 saturated heterocycles. The largest absolute Gasteiger partial charge is 0.375 e. The molecule has 1 fully saturated rings. The van der Waals surface area contributed by atoms with E-state index in [4.69, 9.17) is 16.3 Å². The Morgan fingerprint density at radius 2 is 2.56 bits per heavy atom. The van der Waals surface area contributed by atoms with Crippen LogP contribution in [0.4, 0.5) is 0 Å². The second kappa shape index (κ2) is 6.31. The number of ketones is 1. The maximum Gasteiger partial charge on any atom is 0.185 e. The molecule has 0 amide bonds. The molecule has 5 nitrogen and oxygen atoms in total. The SMILES string of the molecule is CCCn1ncc(Cl)c1C(=O)CC1CNCCO1. The van der Waals surface area contributed by atoms with Crippen molar-refractivity contribution in [2.24, 2.45) is 0 Å². The van der Waals surface area contributed by atoms with E-state index in [1.54, 1.807) is 4.68 Å². The van der Waals surface area contributed by atoms with Crippen LogP contribution in [0.15, 0.2) is 6.20 Å². The van der Waals surface area contributed by atoms with E-state index in [0.717, 1.165) is 13.0 Å². The molecule has 100 valence electrons. The van der Waals surface area contributed by atoms with E-state index in [1.807, 2.05) is 6.92 Å². The first-order valence-electron chi connectivity index (χ1n) is 6.29. The molecule has 0 aliphatic carbocycles. The van der Waals surface area contributed by atoms with Crippen molar-refractivity contribution in [3.05, 3.63) is 16.9 Å². The van der Waals surface area contributed by atoms with Crippen LogP contribution in [-0.2, 0) is 11.3 Å². The number of carbonyl (C=O) groups is 1. The summed E-state index contributed by atoms with van der Waals surface area (Å²) in [7, 11) is 0. The fourth-order valence-corrected chi connectivity index (χ4v) is 2.32. The van der Waals surface area contributed by atoms with E-state index in [9.17, 15) is 4.79 Å². The molecule has 18 heavy (non-hydrogen) atoms. The summed E-state index contributed by atoms with van der Waals surface area (Å²) in [4.78, 5) is 12.2. The highest BCUT2D eigenvalue weighted by molar-refractivity contribution is 6.33. The van der Waals surface area contributed by atoms with Crippen molar-refractivity contribution < 1.29 is 9.53 Å². The van der Waals surface area contributed by atoms with Gasteiger partial charge in [-0.3, -0.25) is 9.48 Å². The summed E-state index contributed by atoms with van der Waals surface area (Å²) >= 11 is 6.03. The van der Waals surface area contributed by atoms with Gasteiger partial charge in [-0.05, 0) is 6.42 Å². The average Bonchev–Trinajstić information content (AvgIpc) is 2.72. The zero-order valence-electron chi connectivity index (χ0n) is 10.5. The standard InChI is InChI=1S/C12H18ClN3O2/c1-2-4-16-12(10(13)8-15-16)11(17)6-9-7-14-3-5-18-9/h8-9,14H,2-7H2,1H3. The molecule has 0 bridgehead atoms. The first kappa shape index (κ1) is 13.5. The fraction of sp³-hybridized carbons (Fsp3) is 0.667. The first-order valence-corrected chi connectivity index (χ1v) is 6.67. The van der Waals surface area contributed by atoms with Crippen molar-refractivity contribution in [2.45, 2.75) is 32.4 Å². The summed E-state index contributed by atoms with van der Waals surface area (Å²) in [5.74, 6) is -0.000324. The molecule has 1 unspecified atom stereocenters. The molecular weight excluding hydrogens is 254 g/mol. The summed E-state index contributed by atoms with van der Waals surface area (Å²) in [6.45, 7) is 4.96. The van der Waals surface area contributed by atoms with Crippen LogP contribution in [0.2, 0.25) is 5.02 Å². The number of aromatic nitrogens is 2. The maximum absolute atomic E-state index is 12.2. The van der Waals surface area contributed by atoms with Gasteiger partial charge in [0, 0.05) is 26.1 Å². The van der Waals surface area contributed by atoms with Gasteiger partial charge < -0.3 is 10.1 Å². The zero-order chi connectivity index (χ0) is 13.0. The minimum atomic E-state index is -0.0627. The Kier molecular flexibility index (Phi) is 4.74. The van der Waals surface area contributed by atoms with Crippen LogP contribution in [0.25, 0.3) is 0 Å². The van der Waals surface area contributed by atoms with Gasteiger partial charge >= 0.3 is 0 Å². The van der Waals surface area contributed by atoms with Crippen molar-refractivity contribution in [3.63, 3.8) is 0 Å². The van der Waals surface area contributed by atoms with E-state index in [0.29, 0.717) is 36.8 Å². The lowest BCUT2D eigenvalue weighted by Gasteiger charge is -2.23. The summed E-state index contributed by atoms with van der Waals surface area (Å²) < 4.78 is 7.21. The van der Waals surface area contributed by atoms with E-state index in [1.165, 1.54) is 6.20 Å². The van der Waals surface area contributed by atoms with Gasteiger partial charge in [-0.1, -0.05) is 18.5 Å². The number of nitrogens with zero attached hydrogens (tertiary/aromatic N) is 2. The lowest BCUT2D eigenvalue weighted by atomic mass is 10.1. The van der Waals surface area contributed by atoms with Crippen LogP contribution >= 0.6 is 11.6 Å². The topological polar surface area (TPSA) is 56.2 Å². The molecule has 1 aliphatic heterocycles. The van der Waals surface area contributed by atoms with Crippen molar-refractivity contribution >= 4 is 17.4 Å². The summed E-state index contributed by atoms with van der Waals surface area (Å²) in [5, 5.41) is 7.76. The Balaban J connectivity index is 2.05. The summed E-state index contributed by atoms with van der Waals surface area (Å²) in [6.07, 6.45) is 2.74. The molecular formula is C12H18ClN3O2. The van der Waals surface area contributed by atoms with Gasteiger partial charge in [-0.25, -0.2) is 0 Å². The van der Waals surface area contributed by atoms with Crippen LogP contribution in [0, 0.1) is 0 Å². The lowest BCUT2D eigenvalue weighted by Crippen LogP contribution is -2.39. The number of hydrogen-bond acceptors (Lipinski definition) is 4. The number of Topliss-reactive ketones (excluding diaryl/α,β-unsaturated/α-hetero) is 1. The zero-order valence-corrected chi connectivity index (χ0v) is 11.2. The van der Waals surface area contributed by atoms with E-state index in [-0.39, 0.29) is 11.9 Å². The number of carbonyl (C=O) groups excluding carboxylic acids is 1. The Morgan fingerprint density at radius 1 is 1.72 bits per heavy atom. The number of nitrogens with one attached hydrogen (secondary N) is 1. The van der Waals surface area contributed by atoms with Crippen molar-refractivity contribution in [1.29, 1.82) is 0 Å². The van der Waals surface area contributed by atoms with E-state index < -0.39 is 0 Å². The van der Waals surface area contributed by atoms with Crippen LogP contribution in [0.5, 0.6) is 0 Å². The van der Waals surface area contributed by atoms with Gasteiger partial charge in [-0.2, -0.15) is 5.10 Å². The number of ether oxygens (including phenoxy) is 1. The number of morpholine rings is 1. The quantitative estimate of drug-likeness (QED) is 0.825. The van der Waals surface area contributed by atoms with Crippen LogP contribution in [0.1, 0.15) is 30.3 Å². The minimum Gasteiger partial charge on any atom is -0.375 e. The second-order valence-electron chi connectivity index (χ2n) is 4.39. The predicted octanol–water partition coefficient (Wildman–Crippen LogP) is 1.51. The molecule has 1 aliphatic rings. The summed E-state index contributed by atoms with van der Waals surface area (Å²) in [6, 6.07) is 0. The Labute approximate surface area is 111 Å². The third-order valence-electron chi connectivity index (χ3n) is 2.91. The Morgan fingerprint density at radius 3 is 3.22 bits per heavy atom. The highest BCUT2D eigenvalue weighted by atomic mass is 35.5. The van der Waals surface area contributed by atoms with Crippen molar-refractivity contribution in [1.82, 2.24) is 15.1 Å². The van der Waals surface area contributed by atoms with E-state index >= 15 is 0 Å². The molecule has 0 radical (unpaired) electrons. The predicted molar refractivity (Wildman–Crippen MR) is 69.1 cm³/mol. The van der Waals surface area contributed by atoms with Gasteiger partial charge in [-0.15, -0.1) is 0 Å². The fourth-order valence-electron chi connectivity index (χ4n) is 2.08.